The third-order valence-corrected chi connectivity index (χ3v) is 7.13. The molecule has 0 radical (unpaired) electrons. The molecule has 0 aromatic heterocycles. The number of nitrogens with one attached hydrogen (secondary N) is 1. The molecule has 0 saturated carbocycles. The number of carbonyl (C=O) groups is 7. The van der Waals surface area contributed by atoms with Gasteiger partial charge in [0.2, 0.25) is 0 Å². The van der Waals surface area contributed by atoms with E-state index in [2.05, 4.69) is 29.8 Å². The molecule has 1 heterocycles. The zero-order valence-electron chi connectivity index (χ0n) is 30.2. The molecule has 1 aliphatic heterocycles. The number of esters is 3. The van der Waals surface area contributed by atoms with Gasteiger partial charge < -0.3 is 46.3 Å². The fourth-order valence-electron chi connectivity index (χ4n) is 3.69. The van der Waals surface area contributed by atoms with Crippen molar-refractivity contribution in [3.05, 3.63) is 96.6 Å². The molecule has 1 saturated heterocycles. The molecule has 1 fully saturated rings. The number of carboxylic acids is 3. The number of hydrogen-bond acceptors (Lipinski definition) is 12. The molecule has 0 aliphatic carbocycles. The summed E-state index contributed by atoms with van der Waals surface area (Å²) >= 11 is 5.23. The van der Waals surface area contributed by atoms with Crippen molar-refractivity contribution >= 4 is 65.7 Å². The number of nitrogens with two attached hydrogens (primary N) is 2. The van der Waals surface area contributed by atoms with Gasteiger partial charge in [0.25, 0.3) is 0 Å². The van der Waals surface area contributed by atoms with Gasteiger partial charge in [0.1, 0.15) is 31.3 Å². The smallest absolute Gasteiger partial charge is 0.415 e. The van der Waals surface area contributed by atoms with Crippen LogP contribution in [-0.2, 0) is 56.2 Å². The van der Waals surface area contributed by atoms with Crippen LogP contribution in [0.4, 0.5) is 4.79 Å². The van der Waals surface area contributed by atoms with Gasteiger partial charge in [-0.2, -0.15) is 0 Å². The number of halogens is 1. The van der Waals surface area contributed by atoms with E-state index in [9.17, 15) is 33.6 Å². The van der Waals surface area contributed by atoms with Crippen LogP contribution < -0.4 is 16.8 Å². The van der Waals surface area contributed by atoms with Gasteiger partial charge in [-0.15, -0.1) is 18.2 Å². The van der Waals surface area contributed by atoms with Crippen LogP contribution in [0.3, 0.4) is 0 Å². The predicted octanol–water partition coefficient (Wildman–Crippen LogP) is 4.42. The summed E-state index contributed by atoms with van der Waals surface area (Å²) < 4.78 is 14.4. The average Bonchev–Trinajstić information content (AvgIpc) is 3.50. The molecule has 3 atom stereocenters. The number of alkyl carbamates (subject to hydrolysis) is 1. The van der Waals surface area contributed by atoms with E-state index in [4.69, 9.17) is 47.9 Å². The normalized spacial score (nSPS) is 13.5. The van der Waals surface area contributed by atoms with E-state index < -0.39 is 60.0 Å². The molecule has 3 rings (SSSR count). The quantitative estimate of drug-likeness (QED) is 0.0378. The van der Waals surface area contributed by atoms with E-state index in [-0.39, 0.29) is 51.7 Å². The maximum Gasteiger partial charge on any atom is 0.415 e. The fraction of sp³-hybridized carbons (Fsp3) is 0.342. The lowest BCUT2D eigenvalue weighted by atomic mass is 10.1. The summed E-state index contributed by atoms with van der Waals surface area (Å²) in [5, 5.41) is 27.2. The van der Waals surface area contributed by atoms with Crippen molar-refractivity contribution in [3.63, 3.8) is 0 Å². The van der Waals surface area contributed by atoms with Crippen molar-refractivity contribution in [2.75, 3.05) is 5.88 Å². The van der Waals surface area contributed by atoms with Gasteiger partial charge in [-0.1, -0.05) is 79.9 Å². The molecular weight excluding hydrogens is 742 g/mol. The lowest BCUT2D eigenvalue weighted by molar-refractivity contribution is -0.146. The summed E-state index contributed by atoms with van der Waals surface area (Å²) in [7, 11) is 0. The van der Waals surface area contributed by atoms with Crippen molar-refractivity contribution in [1.82, 2.24) is 5.32 Å². The number of amides is 1. The van der Waals surface area contributed by atoms with Crippen LogP contribution in [0.1, 0.15) is 67.2 Å². The number of alkyl halides is 1. The summed E-state index contributed by atoms with van der Waals surface area (Å²) in [6, 6.07) is 12.0. The first kappa shape index (κ1) is 49.2. The van der Waals surface area contributed by atoms with E-state index in [1.807, 2.05) is 48.5 Å². The first-order valence-corrected chi connectivity index (χ1v) is 17.2. The molecule has 1 aliphatic rings. The fourth-order valence-corrected chi connectivity index (χ4v) is 3.85. The number of ether oxygens (including phenoxy) is 3. The maximum atomic E-state index is 11.6. The summed E-state index contributed by atoms with van der Waals surface area (Å²) in [5.74, 6) is -4.16. The van der Waals surface area contributed by atoms with Crippen LogP contribution in [0.25, 0.3) is 12.2 Å². The lowest BCUT2D eigenvalue weighted by Gasteiger charge is -2.07. The van der Waals surface area contributed by atoms with E-state index in [1.165, 1.54) is 0 Å². The minimum atomic E-state index is -1.17. The molecule has 300 valence electrons. The Morgan fingerprint density at radius 3 is 1.53 bits per heavy atom. The Labute approximate surface area is 323 Å². The average molecular weight is 790 g/mol. The molecule has 2 aromatic rings. The zero-order chi connectivity index (χ0) is 41.8. The van der Waals surface area contributed by atoms with Crippen molar-refractivity contribution in [1.29, 1.82) is 0 Å². The molecule has 55 heavy (non-hydrogen) atoms. The largest absolute Gasteiger partial charge is 0.481 e. The van der Waals surface area contributed by atoms with Crippen molar-refractivity contribution < 1.29 is 63.1 Å². The third-order valence-electron chi connectivity index (χ3n) is 6.91. The monoisotopic (exact) mass is 789 g/mol. The molecule has 0 spiro atoms. The van der Waals surface area contributed by atoms with Crippen LogP contribution in [0.2, 0.25) is 0 Å². The first-order valence-electron chi connectivity index (χ1n) is 16.7. The van der Waals surface area contributed by atoms with Gasteiger partial charge in [-0.05, 0) is 47.9 Å². The summed E-state index contributed by atoms with van der Waals surface area (Å²) in [6.45, 7) is 11.1. The highest BCUT2D eigenvalue weighted by atomic mass is 35.5. The number of aliphatic carboxylic acids is 3. The highest BCUT2D eigenvalue weighted by Gasteiger charge is 2.32. The Hall–Kier alpha value is -5.84. The van der Waals surface area contributed by atoms with Gasteiger partial charge in [0, 0.05) is 25.1 Å². The zero-order valence-corrected chi connectivity index (χ0v) is 31.0. The molecule has 8 N–H and O–H groups in total. The summed E-state index contributed by atoms with van der Waals surface area (Å²) in [6.07, 6.45) is 5.44. The highest BCUT2D eigenvalue weighted by molar-refractivity contribution is 6.17. The van der Waals surface area contributed by atoms with Gasteiger partial charge in [-0.25, -0.2) is 9.59 Å². The number of cyclic esters (lactones) is 2. The van der Waals surface area contributed by atoms with Crippen LogP contribution >= 0.6 is 11.6 Å². The van der Waals surface area contributed by atoms with Crippen molar-refractivity contribution in [2.45, 2.75) is 76.3 Å². The SMILES string of the molecule is C=CCCCl.C=Cc1ccc(COC(=O)CC[C@@H]2NC(=O)OC2=O)cc1.C=Cc1ccc(COC(=O)CC[C@H](N)C(=O)O)cc1.N[C@@H](CCC(=O)O)C(=O)O. The van der Waals surface area contributed by atoms with Crippen LogP contribution in [0.15, 0.2) is 74.3 Å². The van der Waals surface area contributed by atoms with Crippen LogP contribution in [-0.4, -0.2) is 81.2 Å². The third kappa shape index (κ3) is 24.2. The lowest BCUT2D eigenvalue weighted by Crippen LogP contribution is -2.30. The minimum Gasteiger partial charge on any atom is -0.481 e. The first-order chi connectivity index (χ1) is 26.1. The standard InChI is InChI=1S/C15H15NO5.C14H17NO4.C5H9NO4.C4H7Cl/c1-2-10-3-5-11(6-4-10)9-20-13(17)8-7-12-14(18)21-15(19)16-12;1-2-10-3-5-11(6-4-10)9-19-13(16)8-7-12(15)14(17)18;6-3(5(9)10)1-2-4(7)8;1-2-3-4-5/h2-6,12H,1,7-9H2,(H,16,19);2-6,12H,1,7-9,15H2,(H,17,18);3H,1-2,6H2,(H,7,8)(H,9,10);2H,1,3-4H2/t2*12-;3-;/m000./s1. The molecular formula is C38H48ClN3O13. The molecule has 1 amide bonds. The number of benzene rings is 2. The van der Waals surface area contributed by atoms with E-state index in [0.29, 0.717) is 5.88 Å². The van der Waals surface area contributed by atoms with Crippen molar-refractivity contribution in [3.8, 4) is 0 Å². The topological polar surface area (TPSA) is 272 Å². The Kier molecular flexibility index (Phi) is 25.6. The molecule has 16 nitrogen and oxygen atoms in total. The van der Waals surface area contributed by atoms with Crippen molar-refractivity contribution in [2.24, 2.45) is 11.5 Å². The van der Waals surface area contributed by atoms with Gasteiger partial charge in [-0.3, -0.25) is 24.0 Å². The van der Waals surface area contributed by atoms with E-state index in [1.54, 1.807) is 18.2 Å². The molecule has 17 heteroatoms. The Morgan fingerprint density at radius 1 is 0.764 bits per heavy atom. The second-order valence-electron chi connectivity index (χ2n) is 11.3. The second kappa shape index (κ2) is 28.6. The van der Waals surface area contributed by atoms with Gasteiger partial charge >= 0.3 is 41.9 Å². The number of hydrogen-bond donors (Lipinski definition) is 6. The maximum absolute atomic E-state index is 11.6. The second-order valence-corrected chi connectivity index (χ2v) is 11.7. The van der Waals surface area contributed by atoms with Gasteiger partial charge in [0.15, 0.2) is 0 Å². The number of allylic oxidation sites excluding steroid dienone is 1. The van der Waals surface area contributed by atoms with E-state index >= 15 is 0 Å². The van der Waals surface area contributed by atoms with Crippen LogP contribution in [0.5, 0.6) is 0 Å². The highest BCUT2D eigenvalue weighted by Crippen LogP contribution is 2.11. The number of rotatable bonds is 19. The Morgan fingerprint density at radius 2 is 1.20 bits per heavy atom. The molecule has 2 aromatic carbocycles. The Balaban J connectivity index is 0.000000786. The summed E-state index contributed by atoms with van der Waals surface area (Å²) in [5.41, 5.74) is 14.0. The minimum absolute atomic E-state index is 0.00178. The molecule has 0 unspecified atom stereocenters. The van der Waals surface area contributed by atoms with Gasteiger partial charge in [0.05, 0.1) is 0 Å². The Bertz CT molecular complexity index is 1580. The number of carbonyl (C=O) groups excluding carboxylic acids is 4. The van der Waals surface area contributed by atoms with Crippen LogP contribution in [0, 0.1) is 0 Å². The van der Waals surface area contributed by atoms with E-state index in [0.717, 1.165) is 28.7 Å². The number of carboxylic acid groups (broad SMARTS) is 3. The predicted molar refractivity (Wildman–Crippen MR) is 203 cm³/mol. The summed E-state index contributed by atoms with van der Waals surface area (Å²) in [4.78, 5) is 75.3. The molecule has 0 bridgehead atoms.